The second kappa shape index (κ2) is 12.1. The SMILES string of the molecule is O=S(=O)(NCC1CCC(CNC2CCc3cc(F)ccc3C2Cc2ccccc2)CC1)c1ccc(F)cc1. The van der Waals surface area contributed by atoms with Gasteiger partial charge in [0.05, 0.1) is 4.90 Å². The molecule has 2 atom stereocenters. The van der Waals surface area contributed by atoms with Gasteiger partial charge in [-0.25, -0.2) is 21.9 Å². The van der Waals surface area contributed by atoms with Crippen molar-refractivity contribution >= 4 is 10.0 Å². The number of sulfonamides is 1. The molecule has 202 valence electrons. The van der Waals surface area contributed by atoms with Gasteiger partial charge < -0.3 is 5.32 Å². The minimum atomic E-state index is -3.63. The van der Waals surface area contributed by atoms with Crippen molar-refractivity contribution in [2.24, 2.45) is 11.8 Å². The van der Waals surface area contributed by atoms with Crippen molar-refractivity contribution in [1.29, 1.82) is 0 Å². The molecule has 2 N–H and O–H groups in total. The van der Waals surface area contributed by atoms with Crippen LogP contribution in [0.5, 0.6) is 0 Å². The lowest BCUT2D eigenvalue weighted by Crippen LogP contribution is -2.42. The van der Waals surface area contributed by atoms with Crippen LogP contribution in [0.3, 0.4) is 0 Å². The molecule has 0 saturated heterocycles. The third kappa shape index (κ3) is 6.68. The zero-order valence-corrected chi connectivity index (χ0v) is 22.4. The smallest absolute Gasteiger partial charge is 0.240 e. The van der Waals surface area contributed by atoms with E-state index in [0.717, 1.165) is 57.1 Å². The Morgan fingerprint density at radius 2 is 1.42 bits per heavy atom. The maximum absolute atomic E-state index is 13.9. The van der Waals surface area contributed by atoms with Gasteiger partial charge in [-0.2, -0.15) is 0 Å². The van der Waals surface area contributed by atoms with Crippen molar-refractivity contribution in [2.75, 3.05) is 13.1 Å². The van der Waals surface area contributed by atoms with Gasteiger partial charge in [0.25, 0.3) is 0 Å². The maximum Gasteiger partial charge on any atom is 0.240 e. The van der Waals surface area contributed by atoms with Crippen LogP contribution in [0.2, 0.25) is 0 Å². The van der Waals surface area contributed by atoms with Gasteiger partial charge in [0.1, 0.15) is 11.6 Å². The third-order valence-electron chi connectivity index (χ3n) is 8.33. The Bertz CT molecular complexity index is 1310. The van der Waals surface area contributed by atoms with E-state index in [1.54, 1.807) is 12.1 Å². The molecule has 4 nitrogen and oxygen atoms in total. The Hall–Kier alpha value is -2.61. The lowest BCUT2D eigenvalue weighted by molar-refractivity contribution is 0.252. The Labute approximate surface area is 224 Å². The molecule has 0 amide bonds. The summed E-state index contributed by atoms with van der Waals surface area (Å²) >= 11 is 0. The average molecular weight is 539 g/mol. The summed E-state index contributed by atoms with van der Waals surface area (Å²) < 4.78 is 54.8. The highest BCUT2D eigenvalue weighted by molar-refractivity contribution is 7.89. The maximum atomic E-state index is 13.9. The number of fused-ring (bicyclic) bond motifs is 1. The zero-order valence-electron chi connectivity index (χ0n) is 21.6. The van der Waals surface area contributed by atoms with Gasteiger partial charge in [-0.1, -0.05) is 36.4 Å². The fraction of sp³-hybridized carbons (Fsp3) is 0.419. The number of hydrogen-bond acceptors (Lipinski definition) is 3. The van der Waals surface area contributed by atoms with Crippen LogP contribution < -0.4 is 10.0 Å². The average Bonchev–Trinajstić information content (AvgIpc) is 2.93. The van der Waals surface area contributed by atoms with E-state index < -0.39 is 15.8 Å². The highest BCUT2D eigenvalue weighted by Crippen LogP contribution is 2.36. The summed E-state index contributed by atoms with van der Waals surface area (Å²) in [5.41, 5.74) is 3.69. The number of benzene rings is 3. The standard InChI is InChI=1S/C31H36F2N2O2S/c32-26-11-14-28(15-12-26)38(36,37)35-21-24-8-6-23(7-9-24)20-34-31-17-10-25-19-27(33)13-16-29(25)30(31)18-22-4-2-1-3-5-22/h1-5,11-16,19,23-24,30-31,34-35H,6-10,17-18,20-21H2. The van der Waals surface area contributed by atoms with Crippen molar-refractivity contribution in [2.45, 2.75) is 61.8 Å². The van der Waals surface area contributed by atoms with Crippen LogP contribution in [0.4, 0.5) is 8.78 Å². The lowest BCUT2D eigenvalue weighted by Gasteiger charge is -2.36. The zero-order chi connectivity index (χ0) is 26.5. The molecule has 7 heteroatoms. The van der Waals surface area contributed by atoms with Gasteiger partial charge >= 0.3 is 0 Å². The largest absolute Gasteiger partial charge is 0.313 e. The topological polar surface area (TPSA) is 58.2 Å². The molecule has 1 saturated carbocycles. The lowest BCUT2D eigenvalue weighted by atomic mass is 9.75. The first-order valence-corrected chi connectivity index (χ1v) is 15.2. The fourth-order valence-electron chi connectivity index (χ4n) is 6.13. The summed E-state index contributed by atoms with van der Waals surface area (Å²) in [6.45, 7) is 1.36. The summed E-state index contributed by atoms with van der Waals surface area (Å²) in [6.07, 6.45) is 6.90. The summed E-state index contributed by atoms with van der Waals surface area (Å²) in [5, 5.41) is 3.88. The minimum Gasteiger partial charge on any atom is -0.313 e. The van der Waals surface area contributed by atoms with Crippen LogP contribution >= 0.6 is 0 Å². The molecule has 38 heavy (non-hydrogen) atoms. The molecule has 5 rings (SSSR count). The molecule has 0 aromatic heterocycles. The van der Waals surface area contributed by atoms with Crippen molar-refractivity contribution in [3.63, 3.8) is 0 Å². The minimum absolute atomic E-state index is 0.0960. The highest BCUT2D eigenvalue weighted by Gasteiger charge is 2.31. The molecule has 2 aliphatic carbocycles. The first-order valence-electron chi connectivity index (χ1n) is 13.7. The normalized spacial score (nSPS) is 23.6. The molecular weight excluding hydrogens is 502 g/mol. The van der Waals surface area contributed by atoms with Gasteiger partial charge in [0, 0.05) is 18.5 Å². The number of hydrogen-bond donors (Lipinski definition) is 2. The fourth-order valence-corrected chi connectivity index (χ4v) is 7.24. The van der Waals surface area contributed by atoms with Crippen LogP contribution in [0, 0.1) is 23.5 Å². The van der Waals surface area contributed by atoms with Crippen molar-refractivity contribution < 1.29 is 17.2 Å². The Balaban J connectivity index is 1.14. The van der Waals surface area contributed by atoms with E-state index >= 15 is 0 Å². The molecule has 1 fully saturated rings. The van der Waals surface area contributed by atoms with E-state index in [0.29, 0.717) is 30.3 Å². The van der Waals surface area contributed by atoms with E-state index in [1.165, 1.54) is 35.4 Å². The Morgan fingerprint density at radius 3 is 2.13 bits per heavy atom. The molecule has 3 aromatic carbocycles. The monoisotopic (exact) mass is 538 g/mol. The van der Waals surface area contributed by atoms with Crippen LogP contribution in [0.15, 0.2) is 77.7 Å². The molecule has 0 radical (unpaired) electrons. The number of aryl methyl sites for hydroxylation is 1. The van der Waals surface area contributed by atoms with Crippen LogP contribution in [0.1, 0.15) is 54.7 Å². The molecule has 0 heterocycles. The molecule has 2 aliphatic rings. The second-order valence-corrected chi connectivity index (χ2v) is 12.7. The Morgan fingerprint density at radius 1 is 0.763 bits per heavy atom. The molecule has 3 aromatic rings. The van der Waals surface area contributed by atoms with E-state index in [9.17, 15) is 17.2 Å². The molecule has 2 unspecified atom stereocenters. The summed E-state index contributed by atoms with van der Waals surface area (Å²) in [6, 6.07) is 21.1. The van der Waals surface area contributed by atoms with Crippen LogP contribution in [-0.4, -0.2) is 27.5 Å². The predicted molar refractivity (Wildman–Crippen MR) is 146 cm³/mol. The van der Waals surface area contributed by atoms with E-state index in [2.05, 4.69) is 34.3 Å². The quantitative estimate of drug-likeness (QED) is 0.352. The first kappa shape index (κ1) is 27.0. The van der Waals surface area contributed by atoms with Crippen LogP contribution in [0.25, 0.3) is 0 Å². The van der Waals surface area contributed by atoms with Crippen molar-refractivity contribution in [3.8, 4) is 0 Å². The van der Waals surface area contributed by atoms with Gasteiger partial charge in [0.2, 0.25) is 10.0 Å². The molecule has 0 spiro atoms. The van der Waals surface area contributed by atoms with E-state index in [4.69, 9.17) is 0 Å². The van der Waals surface area contributed by atoms with Gasteiger partial charge in [-0.15, -0.1) is 0 Å². The second-order valence-electron chi connectivity index (χ2n) is 10.9. The van der Waals surface area contributed by atoms with E-state index in [1.807, 2.05) is 12.1 Å². The number of halogens is 2. The Kier molecular flexibility index (Phi) is 8.56. The summed E-state index contributed by atoms with van der Waals surface area (Å²) in [7, 11) is -3.63. The summed E-state index contributed by atoms with van der Waals surface area (Å²) in [4.78, 5) is 0.0960. The summed E-state index contributed by atoms with van der Waals surface area (Å²) in [5.74, 6) is 0.564. The van der Waals surface area contributed by atoms with Gasteiger partial charge in [0.15, 0.2) is 0 Å². The molecular formula is C31H36F2N2O2S. The molecule has 0 bridgehead atoms. The predicted octanol–water partition coefficient (Wildman–Crippen LogP) is 5.98. The van der Waals surface area contributed by atoms with Crippen molar-refractivity contribution in [1.82, 2.24) is 10.0 Å². The van der Waals surface area contributed by atoms with Crippen molar-refractivity contribution in [3.05, 3.63) is 101 Å². The van der Waals surface area contributed by atoms with E-state index in [-0.39, 0.29) is 10.7 Å². The van der Waals surface area contributed by atoms with Gasteiger partial charge in [-0.05, 0) is 116 Å². The van der Waals surface area contributed by atoms with Gasteiger partial charge in [-0.3, -0.25) is 0 Å². The number of nitrogens with one attached hydrogen (secondary N) is 2. The third-order valence-corrected chi connectivity index (χ3v) is 9.77. The first-order chi connectivity index (χ1) is 18.4. The highest BCUT2D eigenvalue weighted by atomic mass is 32.2. The molecule has 0 aliphatic heterocycles. The number of rotatable bonds is 9. The van der Waals surface area contributed by atoms with Crippen LogP contribution in [-0.2, 0) is 22.9 Å².